The minimum Gasteiger partial charge on any atom is -0.466 e. The average molecular weight is 404 g/mol. The molecule has 0 bridgehead atoms. The third-order valence-electron chi connectivity index (χ3n) is 3.94. The van der Waals surface area contributed by atoms with Crippen molar-refractivity contribution in [3.05, 3.63) is 59.3 Å². The molecule has 1 aromatic carbocycles. The van der Waals surface area contributed by atoms with Crippen molar-refractivity contribution in [2.75, 3.05) is 13.1 Å². The predicted octanol–water partition coefficient (Wildman–Crippen LogP) is 2.95. The van der Waals surface area contributed by atoms with Crippen LogP contribution in [0.4, 0.5) is 0 Å². The summed E-state index contributed by atoms with van der Waals surface area (Å²) in [5, 5.41) is 21.3. The molecule has 0 amide bonds. The van der Waals surface area contributed by atoms with Crippen molar-refractivity contribution in [2.24, 2.45) is 4.99 Å². The van der Waals surface area contributed by atoms with Crippen LogP contribution >= 0.6 is 11.6 Å². The van der Waals surface area contributed by atoms with Gasteiger partial charge in [0.05, 0.1) is 12.8 Å². The molecule has 8 nitrogen and oxygen atoms in total. The van der Waals surface area contributed by atoms with E-state index < -0.39 is 5.60 Å². The number of rotatable bonds is 7. The van der Waals surface area contributed by atoms with E-state index in [9.17, 15) is 5.11 Å². The summed E-state index contributed by atoms with van der Waals surface area (Å²) in [5.74, 6) is 1.83. The third kappa shape index (κ3) is 5.11. The standard InChI is InChI=1S/C19H22ClN5O3/c1-3-21-18(23-12-19(2,26)15-5-4-10-27-15)22-11-16-24-17(25-28-16)13-6-8-14(20)9-7-13/h4-10,26H,3,11-12H2,1-2H3,(H2,21,22,23). The van der Waals surface area contributed by atoms with E-state index in [1.54, 1.807) is 31.2 Å². The molecule has 3 N–H and O–H groups in total. The van der Waals surface area contributed by atoms with Crippen LogP contribution in [0, 0.1) is 0 Å². The highest BCUT2D eigenvalue weighted by Crippen LogP contribution is 2.20. The number of benzene rings is 1. The minimum atomic E-state index is -1.17. The van der Waals surface area contributed by atoms with Gasteiger partial charge < -0.3 is 24.7 Å². The monoisotopic (exact) mass is 403 g/mol. The highest BCUT2D eigenvalue weighted by atomic mass is 35.5. The first-order valence-corrected chi connectivity index (χ1v) is 9.23. The summed E-state index contributed by atoms with van der Waals surface area (Å²) < 4.78 is 10.5. The zero-order chi connectivity index (χ0) is 20.0. The van der Waals surface area contributed by atoms with E-state index in [2.05, 4.69) is 25.8 Å². The number of nitrogens with one attached hydrogen (secondary N) is 2. The number of nitrogens with zero attached hydrogens (tertiary/aromatic N) is 3. The number of halogens is 1. The summed E-state index contributed by atoms with van der Waals surface area (Å²) in [5.41, 5.74) is -0.366. The van der Waals surface area contributed by atoms with Gasteiger partial charge in [-0.15, -0.1) is 0 Å². The Morgan fingerprint density at radius 3 is 2.71 bits per heavy atom. The highest BCUT2D eigenvalue weighted by molar-refractivity contribution is 6.30. The molecule has 9 heteroatoms. The fourth-order valence-corrected chi connectivity index (χ4v) is 2.58. The summed E-state index contributed by atoms with van der Waals surface area (Å²) in [4.78, 5) is 8.77. The van der Waals surface area contributed by atoms with Gasteiger partial charge in [0.15, 0.2) is 5.96 Å². The molecule has 1 unspecified atom stereocenters. The van der Waals surface area contributed by atoms with E-state index in [4.69, 9.17) is 20.5 Å². The molecule has 2 aromatic heterocycles. The van der Waals surface area contributed by atoms with Crippen molar-refractivity contribution in [3.8, 4) is 11.4 Å². The molecule has 0 saturated heterocycles. The van der Waals surface area contributed by atoms with E-state index >= 15 is 0 Å². The maximum atomic E-state index is 10.5. The topological polar surface area (TPSA) is 109 Å². The summed E-state index contributed by atoms with van der Waals surface area (Å²) >= 11 is 5.89. The number of furan rings is 1. The van der Waals surface area contributed by atoms with Crippen LogP contribution in [0.5, 0.6) is 0 Å². The molecule has 0 aliphatic rings. The first kappa shape index (κ1) is 19.9. The lowest BCUT2D eigenvalue weighted by molar-refractivity contribution is 0.0386. The number of hydrogen-bond donors (Lipinski definition) is 3. The Morgan fingerprint density at radius 2 is 2.04 bits per heavy atom. The zero-order valence-corrected chi connectivity index (χ0v) is 16.4. The second kappa shape index (κ2) is 8.90. The molecule has 0 radical (unpaired) electrons. The van der Waals surface area contributed by atoms with Crippen LogP contribution in [-0.4, -0.2) is 34.3 Å². The maximum absolute atomic E-state index is 10.5. The van der Waals surface area contributed by atoms with Gasteiger partial charge >= 0.3 is 0 Å². The van der Waals surface area contributed by atoms with Crippen molar-refractivity contribution in [1.29, 1.82) is 0 Å². The van der Waals surface area contributed by atoms with E-state index in [1.807, 2.05) is 19.1 Å². The molecule has 3 rings (SSSR count). The molecular formula is C19H22ClN5O3. The Labute approximate surface area is 167 Å². The molecule has 28 heavy (non-hydrogen) atoms. The molecule has 0 spiro atoms. The second-order valence-corrected chi connectivity index (χ2v) is 6.75. The van der Waals surface area contributed by atoms with Crippen LogP contribution in [0.15, 0.2) is 56.6 Å². The van der Waals surface area contributed by atoms with Gasteiger partial charge in [-0.1, -0.05) is 16.8 Å². The van der Waals surface area contributed by atoms with Gasteiger partial charge in [0, 0.05) is 17.1 Å². The number of aliphatic imine (C=N–C) groups is 1. The minimum absolute atomic E-state index is 0.193. The molecule has 2 heterocycles. The van der Waals surface area contributed by atoms with Crippen molar-refractivity contribution in [3.63, 3.8) is 0 Å². The summed E-state index contributed by atoms with van der Waals surface area (Å²) in [6.07, 6.45) is 1.52. The van der Waals surface area contributed by atoms with Crippen LogP contribution in [-0.2, 0) is 12.1 Å². The number of aliphatic hydroxyl groups is 1. The van der Waals surface area contributed by atoms with E-state index in [0.29, 0.717) is 35.0 Å². The van der Waals surface area contributed by atoms with Gasteiger partial charge in [0.2, 0.25) is 11.7 Å². The SMILES string of the molecule is CCNC(=NCc1nc(-c2ccc(Cl)cc2)no1)NCC(C)(O)c1ccco1. The first-order valence-electron chi connectivity index (χ1n) is 8.85. The molecule has 148 valence electrons. The van der Waals surface area contributed by atoms with Gasteiger partial charge in [0.25, 0.3) is 0 Å². The number of hydrogen-bond acceptors (Lipinski definition) is 6. The van der Waals surface area contributed by atoms with Crippen LogP contribution in [0.3, 0.4) is 0 Å². The summed E-state index contributed by atoms with van der Waals surface area (Å²) in [6.45, 7) is 4.69. The molecule has 3 aromatic rings. The molecule has 0 fully saturated rings. The molecule has 1 atom stereocenters. The first-order chi connectivity index (χ1) is 13.5. The Bertz CT molecular complexity index is 904. The smallest absolute Gasteiger partial charge is 0.248 e. The molecular weight excluding hydrogens is 382 g/mol. The average Bonchev–Trinajstić information content (AvgIpc) is 3.37. The third-order valence-corrected chi connectivity index (χ3v) is 4.19. The lowest BCUT2D eigenvalue weighted by Gasteiger charge is -2.22. The zero-order valence-electron chi connectivity index (χ0n) is 15.6. The Kier molecular flexibility index (Phi) is 6.33. The van der Waals surface area contributed by atoms with Crippen LogP contribution in [0.25, 0.3) is 11.4 Å². The normalized spacial score (nSPS) is 13.9. The van der Waals surface area contributed by atoms with Gasteiger partial charge in [0.1, 0.15) is 17.9 Å². The quantitative estimate of drug-likeness (QED) is 0.411. The lowest BCUT2D eigenvalue weighted by atomic mass is 10.0. The second-order valence-electron chi connectivity index (χ2n) is 6.32. The van der Waals surface area contributed by atoms with Gasteiger partial charge in [-0.2, -0.15) is 4.98 Å². The Balaban J connectivity index is 1.63. The maximum Gasteiger partial charge on any atom is 0.248 e. The number of guanidine groups is 1. The van der Waals surface area contributed by atoms with Gasteiger partial charge in [-0.05, 0) is 50.2 Å². The van der Waals surface area contributed by atoms with Crippen molar-refractivity contribution >= 4 is 17.6 Å². The van der Waals surface area contributed by atoms with E-state index in [1.165, 1.54) is 6.26 Å². The van der Waals surface area contributed by atoms with Gasteiger partial charge in [-0.25, -0.2) is 4.99 Å². The molecule has 0 saturated carbocycles. The fourth-order valence-electron chi connectivity index (χ4n) is 2.45. The lowest BCUT2D eigenvalue weighted by Crippen LogP contribution is -2.44. The fraction of sp³-hybridized carbons (Fsp3) is 0.316. The van der Waals surface area contributed by atoms with Gasteiger partial charge in [-0.3, -0.25) is 0 Å². The Morgan fingerprint density at radius 1 is 1.25 bits per heavy atom. The predicted molar refractivity (Wildman–Crippen MR) is 106 cm³/mol. The largest absolute Gasteiger partial charge is 0.466 e. The van der Waals surface area contributed by atoms with Crippen molar-refractivity contribution < 1.29 is 14.0 Å². The van der Waals surface area contributed by atoms with Crippen LogP contribution in [0.2, 0.25) is 5.02 Å². The number of aromatic nitrogens is 2. The highest BCUT2D eigenvalue weighted by Gasteiger charge is 2.26. The molecule has 0 aliphatic heterocycles. The van der Waals surface area contributed by atoms with Crippen LogP contribution < -0.4 is 10.6 Å². The Hall–Kier alpha value is -2.84. The summed E-state index contributed by atoms with van der Waals surface area (Å²) in [6, 6.07) is 10.6. The van der Waals surface area contributed by atoms with Crippen molar-refractivity contribution in [1.82, 2.24) is 20.8 Å². The molecule has 0 aliphatic carbocycles. The van der Waals surface area contributed by atoms with E-state index in [-0.39, 0.29) is 13.1 Å². The summed E-state index contributed by atoms with van der Waals surface area (Å²) in [7, 11) is 0. The van der Waals surface area contributed by atoms with Crippen LogP contribution in [0.1, 0.15) is 25.5 Å². The van der Waals surface area contributed by atoms with Crippen molar-refractivity contribution in [2.45, 2.75) is 26.0 Å². The van der Waals surface area contributed by atoms with E-state index in [0.717, 1.165) is 5.56 Å².